The monoisotopic (exact) mass is 336 g/mol. The predicted octanol–water partition coefficient (Wildman–Crippen LogP) is 5.16. The topological polar surface area (TPSA) is 40.5 Å². The van der Waals surface area contributed by atoms with Crippen LogP contribution in [0.15, 0.2) is 66.7 Å². The molecule has 124 valence electrons. The highest BCUT2D eigenvalue weighted by atomic mass is 16.3. The summed E-state index contributed by atoms with van der Waals surface area (Å²) in [5, 5.41) is 30.3. The van der Waals surface area contributed by atoms with Crippen LogP contribution in [0.2, 0.25) is 0 Å². The smallest absolute Gasteiger partial charge is 0.109 e. The molecule has 0 fully saturated rings. The highest BCUT2D eigenvalue weighted by Gasteiger charge is 2.25. The zero-order chi connectivity index (χ0) is 17.4. The van der Waals surface area contributed by atoms with Crippen LogP contribution in [-0.2, 0) is 0 Å². The Labute approximate surface area is 149 Å². The summed E-state index contributed by atoms with van der Waals surface area (Å²) in [6.45, 7) is 0. The van der Waals surface area contributed by atoms with E-state index in [-0.39, 0.29) is 0 Å². The molecule has 0 bridgehead atoms. The number of benzene rings is 5. The second-order valence-electron chi connectivity index (χ2n) is 7.16. The quantitative estimate of drug-likeness (QED) is 0.303. The Morgan fingerprint density at radius 3 is 2.04 bits per heavy atom. The molecule has 2 atom stereocenters. The molecule has 0 radical (unpaired) electrons. The molecule has 0 spiro atoms. The third-order valence-electron chi connectivity index (χ3n) is 5.83. The molecule has 0 saturated carbocycles. The van der Waals surface area contributed by atoms with Crippen molar-refractivity contribution in [1.82, 2.24) is 0 Å². The second kappa shape index (κ2) is 4.82. The number of fused-ring (bicyclic) bond motifs is 5. The molecule has 0 aliphatic heterocycles. The Balaban J connectivity index is 1.97. The highest BCUT2D eigenvalue weighted by molar-refractivity contribution is 6.34. The molecule has 5 aromatic carbocycles. The van der Waals surface area contributed by atoms with E-state index in [1.54, 1.807) is 6.08 Å². The Kier molecular flexibility index (Phi) is 2.64. The number of hydrogen-bond acceptors (Lipinski definition) is 2. The van der Waals surface area contributed by atoms with Gasteiger partial charge < -0.3 is 10.2 Å². The maximum Gasteiger partial charge on any atom is 0.109 e. The molecule has 2 nitrogen and oxygen atoms in total. The van der Waals surface area contributed by atoms with Crippen molar-refractivity contribution in [3.05, 3.63) is 77.9 Å². The fourth-order valence-electron chi connectivity index (χ4n) is 4.66. The first-order chi connectivity index (χ1) is 12.7. The van der Waals surface area contributed by atoms with Crippen LogP contribution >= 0.6 is 0 Å². The van der Waals surface area contributed by atoms with Gasteiger partial charge in [0.05, 0.1) is 0 Å². The van der Waals surface area contributed by atoms with Crippen LogP contribution in [-0.4, -0.2) is 16.3 Å². The zero-order valence-corrected chi connectivity index (χ0v) is 14.0. The van der Waals surface area contributed by atoms with Gasteiger partial charge in [-0.1, -0.05) is 72.8 Å². The third kappa shape index (κ3) is 1.63. The van der Waals surface area contributed by atoms with Crippen molar-refractivity contribution >= 4 is 49.2 Å². The van der Waals surface area contributed by atoms with E-state index in [0.29, 0.717) is 0 Å². The predicted molar refractivity (Wildman–Crippen MR) is 108 cm³/mol. The minimum atomic E-state index is -0.882. The van der Waals surface area contributed by atoms with Crippen LogP contribution in [0.1, 0.15) is 17.2 Å². The SMILES string of the molecule is O[C@H]1C=Cc2c(ccc3c4cccc5ccc6cccc(c23)c6c54)[C@@H]1O. The van der Waals surface area contributed by atoms with Gasteiger partial charge in [0.15, 0.2) is 0 Å². The molecule has 0 amide bonds. The van der Waals surface area contributed by atoms with Crippen LogP contribution in [0.3, 0.4) is 0 Å². The van der Waals surface area contributed by atoms with Crippen molar-refractivity contribution < 1.29 is 10.2 Å². The van der Waals surface area contributed by atoms with Gasteiger partial charge in [-0.15, -0.1) is 0 Å². The largest absolute Gasteiger partial charge is 0.386 e. The van der Waals surface area contributed by atoms with Gasteiger partial charge in [0, 0.05) is 0 Å². The van der Waals surface area contributed by atoms with E-state index in [9.17, 15) is 10.2 Å². The van der Waals surface area contributed by atoms with E-state index >= 15 is 0 Å². The van der Waals surface area contributed by atoms with E-state index in [0.717, 1.165) is 16.5 Å². The lowest BCUT2D eigenvalue weighted by atomic mass is 9.83. The standard InChI is InChI=1S/C24H16O2/c25-20-12-11-17-18(24(20)26)10-9-16-15-5-1-3-13-7-8-14-4-2-6-19(23(16)17)22(14)21(13)15/h1-12,20,24-26H/t20-,24-/m0/s1. The fraction of sp³-hybridized carbons (Fsp3) is 0.0833. The molecule has 6 rings (SSSR count). The Morgan fingerprint density at radius 2 is 1.27 bits per heavy atom. The molecule has 0 saturated heterocycles. The van der Waals surface area contributed by atoms with Crippen LogP contribution < -0.4 is 0 Å². The minimum Gasteiger partial charge on any atom is -0.386 e. The van der Waals surface area contributed by atoms with Crippen LogP contribution in [0.5, 0.6) is 0 Å². The van der Waals surface area contributed by atoms with Gasteiger partial charge in [-0.25, -0.2) is 0 Å². The summed E-state index contributed by atoms with van der Waals surface area (Å²) in [5.41, 5.74) is 1.81. The van der Waals surface area contributed by atoms with Crippen molar-refractivity contribution in [2.75, 3.05) is 0 Å². The zero-order valence-electron chi connectivity index (χ0n) is 14.0. The first-order valence-corrected chi connectivity index (χ1v) is 8.90. The minimum absolute atomic E-state index is 0.794. The number of aliphatic hydroxyl groups is 2. The van der Waals surface area contributed by atoms with E-state index in [1.807, 2.05) is 12.1 Å². The van der Waals surface area contributed by atoms with Gasteiger partial charge in [-0.2, -0.15) is 0 Å². The number of hydrogen-bond donors (Lipinski definition) is 2. The molecule has 0 unspecified atom stereocenters. The lowest BCUT2D eigenvalue weighted by Gasteiger charge is -2.24. The second-order valence-corrected chi connectivity index (χ2v) is 7.16. The van der Waals surface area contributed by atoms with Crippen LogP contribution in [0.4, 0.5) is 0 Å². The van der Waals surface area contributed by atoms with E-state index in [1.165, 1.54) is 37.7 Å². The van der Waals surface area contributed by atoms with Crippen molar-refractivity contribution in [3.63, 3.8) is 0 Å². The first-order valence-electron chi connectivity index (χ1n) is 8.90. The summed E-state index contributed by atoms with van der Waals surface area (Å²) < 4.78 is 0. The van der Waals surface area contributed by atoms with Crippen molar-refractivity contribution in [1.29, 1.82) is 0 Å². The number of aliphatic hydroxyl groups excluding tert-OH is 2. The highest BCUT2D eigenvalue weighted by Crippen LogP contribution is 2.44. The number of rotatable bonds is 0. The molecular formula is C24H16O2. The molecule has 1 aliphatic carbocycles. The molecule has 2 heteroatoms. The molecular weight excluding hydrogens is 320 g/mol. The van der Waals surface area contributed by atoms with E-state index < -0.39 is 12.2 Å². The summed E-state index contributed by atoms with van der Waals surface area (Å²) in [6, 6.07) is 21.3. The average molecular weight is 336 g/mol. The molecule has 1 aliphatic rings. The molecule has 2 N–H and O–H groups in total. The maximum absolute atomic E-state index is 10.5. The van der Waals surface area contributed by atoms with Gasteiger partial charge in [-0.3, -0.25) is 0 Å². The summed E-state index contributed by atoms with van der Waals surface area (Å²) in [5.74, 6) is 0. The van der Waals surface area contributed by atoms with Gasteiger partial charge in [0.2, 0.25) is 0 Å². The molecule has 26 heavy (non-hydrogen) atoms. The lowest BCUT2D eigenvalue weighted by Crippen LogP contribution is -2.19. The van der Waals surface area contributed by atoms with Gasteiger partial charge in [0.25, 0.3) is 0 Å². The maximum atomic E-state index is 10.5. The fourth-order valence-corrected chi connectivity index (χ4v) is 4.66. The van der Waals surface area contributed by atoms with Crippen molar-refractivity contribution in [2.45, 2.75) is 12.2 Å². The molecule has 0 heterocycles. The van der Waals surface area contributed by atoms with Crippen LogP contribution in [0.25, 0.3) is 49.2 Å². The van der Waals surface area contributed by atoms with E-state index in [4.69, 9.17) is 0 Å². The third-order valence-corrected chi connectivity index (χ3v) is 5.83. The van der Waals surface area contributed by atoms with Gasteiger partial charge in [0.1, 0.15) is 12.2 Å². The summed E-state index contributed by atoms with van der Waals surface area (Å²) in [7, 11) is 0. The summed E-state index contributed by atoms with van der Waals surface area (Å²) >= 11 is 0. The van der Waals surface area contributed by atoms with Crippen molar-refractivity contribution in [3.8, 4) is 0 Å². The normalized spacial score (nSPS) is 19.8. The Hall–Kier alpha value is -2.94. The average Bonchev–Trinajstić information content (AvgIpc) is 2.69. The van der Waals surface area contributed by atoms with E-state index in [2.05, 4.69) is 54.6 Å². The Bertz CT molecular complexity index is 1360. The molecule has 5 aromatic rings. The Morgan fingerprint density at radius 1 is 0.615 bits per heavy atom. The summed E-state index contributed by atoms with van der Waals surface area (Å²) in [4.78, 5) is 0. The van der Waals surface area contributed by atoms with Gasteiger partial charge in [-0.05, 0) is 54.2 Å². The van der Waals surface area contributed by atoms with Crippen LogP contribution in [0, 0.1) is 0 Å². The summed E-state index contributed by atoms with van der Waals surface area (Å²) in [6.07, 6.45) is 1.91. The first kappa shape index (κ1) is 14.3. The lowest BCUT2D eigenvalue weighted by molar-refractivity contribution is 0.0471. The molecule has 0 aromatic heterocycles. The van der Waals surface area contributed by atoms with Crippen molar-refractivity contribution in [2.24, 2.45) is 0 Å². The van der Waals surface area contributed by atoms with Gasteiger partial charge >= 0.3 is 0 Å².